The molecule has 1 N–H and O–H groups in total. The molecule has 0 fully saturated rings. The highest BCUT2D eigenvalue weighted by Gasteiger charge is 2.29. The molecule has 92 valence electrons. The molecule has 0 bridgehead atoms. The van der Waals surface area contributed by atoms with Crippen LogP contribution in [0, 0.1) is 6.92 Å². The molecule has 4 heteroatoms. The SMILES string of the molecule is CCN(c1ccc(C)cc1)C(C(C)=O)C(=O)O. The summed E-state index contributed by atoms with van der Waals surface area (Å²) in [6.07, 6.45) is 0. The van der Waals surface area contributed by atoms with Gasteiger partial charge in [-0.05, 0) is 32.9 Å². The zero-order valence-electron chi connectivity index (χ0n) is 10.3. The smallest absolute Gasteiger partial charge is 0.334 e. The maximum absolute atomic E-state index is 11.4. The van der Waals surface area contributed by atoms with Gasteiger partial charge in [-0.3, -0.25) is 4.79 Å². The van der Waals surface area contributed by atoms with Gasteiger partial charge in [0.1, 0.15) is 0 Å². The fourth-order valence-electron chi connectivity index (χ4n) is 1.78. The summed E-state index contributed by atoms with van der Waals surface area (Å²) in [6.45, 7) is 5.56. The van der Waals surface area contributed by atoms with Crippen LogP contribution in [0.2, 0.25) is 0 Å². The number of hydrogen-bond donors (Lipinski definition) is 1. The molecule has 0 aliphatic heterocycles. The summed E-state index contributed by atoms with van der Waals surface area (Å²) in [5, 5.41) is 9.10. The number of ketones is 1. The molecular formula is C13H17NO3. The van der Waals surface area contributed by atoms with E-state index in [2.05, 4.69) is 0 Å². The van der Waals surface area contributed by atoms with Crippen LogP contribution >= 0.6 is 0 Å². The molecule has 0 aliphatic rings. The van der Waals surface area contributed by atoms with E-state index in [1.165, 1.54) is 6.92 Å². The van der Waals surface area contributed by atoms with Crippen molar-refractivity contribution in [3.63, 3.8) is 0 Å². The Kier molecular flexibility index (Phi) is 4.26. The van der Waals surface area contributed by atoms with Gasteiger partial charge in [0, 0.05) is 12.2 Å². The summed E-state index contributed by atoms with van der Waals surface area (Å²) in [7, 11) is 0. The number of rotatable bonds is 5. The second kappa shape index (κ2) is 5.48. The average molecular weight is 235 g/mol. The quantitative estimate of drug-likeness (QED) is 0.791. The third-order valence-electron chi connectivity index (χ3n) is 2.64. The molecule has 1 aromatic carbocycles. The van der Waals surface area contributed by atoms with Gasteiger partial charge in [0.25, 0.3) is 0 Å². The molecule has 1 rings (SSSR count). The van der Waals surface area contributed by atoms with Crippen molar-refractivity contribution in [2.24, 2.45) is 0 Å². The standard InChI is InChI=1S/C13H17NO3/c1-4-14(12(10(3)15)13(16)17)11-7-5-9(2)6-8-11/h5-8,12H,4H2,1-3H3,(H,16,17). The van der Waals surface area contributed by atoms with Crippen molar-refractivity contribution in [2.45, 2.75) is 26.8 Å². The van der Waals surface area contributed by atoms with Gasteiger partial charge >= 0.3 is 5.97 Å². The van der Waals surface area contributed by atoms with E-state index in [0.717, 1.165) is 11.3 Å². The third-order valence-corrected chi connectivity index (χ3v) is 2.64. The van der Waals surface area contributed by atoms with Crippen LogP contribution in [0.25, 0.3) is 0 Å². The van der Waals surface area contributed by atoms with E-state index < -0.39 is 12.0 Å². The van der Waals surface area contributed by atoms with Crippen molar-refractivity contribution in [1.29, 1.82) is 0 Å². The maximum Gasteiger partial charge on any atom is 0.334 e. The van der Waals surface area contributed by atoms with E-state index in [-0.39, 0.29) is 5.78 Å². The van der Waals surface area contributed by atoms with Gasteiger partial charge in [-0.2, -0.15) is 0 Å². The number of hydrogen-bond acceptors (Lipinski definition) is 3. The molecule has 0 saturated carbocycles. The van der Waals surface area contributed by atoms with E-state index in [0.29, 0.717) is 6.54 Å². The second-order valence-electron chi connectivity index (χ2n) is 3.97. The Morgan fingerprint density at radius 2 is 1.82 bits per heavy atom. The fourth-order valence-corrected chi connectivity index (χ4v) is 1.78. The van der Waals surface area contributed by atoms with Crippen molar-refractivity contribution in [3.05, 3.63) is 29.8 Å². The Labute approximate surface area is 101 Å². The van der Waals surface area contributed by atoms with Gasteiger partial charge in [-0.25, -0.2) is 4.79 Å². The van der Waals surface area contributed by atoms with Crippen LogP contribution < -0.4 is 4.90 Å². The first-order valence-corrected chi connectivity index (χ1v) is 5.54. The highest BCUT2D eigenvalue weighted by Crippen LogP contribution is 2.18. The van der Waals surface area contributed by atoms with Crippen LogP contribution in [-0.4, -0.2) is 29.4 Å². The van der Waals surface area contributed by atoms with Crippen LogP contribution in [0.5, 0.6) is 0 Å². The number of carbonyl (C=O) groups is 2. The number of Topliss-reactive ketones (excluding diaryl/α,β-unsaturated/α-hetero) is 1. The van der Waals surface area contributed by atoms with Gasteiger partial charge in [0.05, 0.1) is 0 Å². The Bertz CT molecular complexity index is 397. The molecular weight excluding hydrogens is 218 g/mol. The number of carboxylic acids is 1. The van der Waals surface area contributed by atoms with Crippen molar-refractivity contribution in [3.8, 4) is 0 Å². The fraction of sp³-hybridized carbons (Fsp3) is 0.385. The normalized spacial score (nSPS) is 11.9. The minimum absolute atomic E-state index is 0.361. The van der Waals surface area contributed by atoms with E-state index in [1.54, 1.807) is 4.90 Å². The zero-order valence-corrected chi connectivity index (χ0v) is 10.3. The topological polar surface area (TPSA) is 57.6 Å². The van der Waals surface area contributed by atoms with Crippen LogP contribution in [0.3, 0.4) is 0 Å². The summed E-state index contributed by atoms with van der Waals surface area (Å²) >= 11 is 0. The van der Waals surface area contributed by atoms with Crippen molar-refractivity contribution in [2.75, 3.05) is 11.4 Å². The largest absolute Gasteiger partial charge is 0.479 e. The van der Waals surface area contributed by atoms with Crippen molar-refractivity contribution < 1.29 is 14.7 Å². The number of benzene rings is 1. The van der Waals surface area contributed by atoms with E-state index in [1.807, 2.05) is 38.1 Å². The van der Waals surface area contributed by atoms with Gasteiger partial charge < -0.3 is 10.0 Å². The average Bonchev–Trinajstić information content (AvgIpc) is 2.26. The summed E-state index contributed by atoms with van der Waals surface area (Å²) in [4.78, 5) is 24.1. The number of carboxylic acid groups (broad SMARTS) is 1. The molecule has 4 nitrogen and oxygen atoms in total. The first-order valence-electron chi connectivity index (χ1n) is 5.54. The molecule has 0 saturated heterocycles. The van der Waals surface area contributed by atoms with Crippen molar-refractivity contribution in [1.82, 2.24) is 0 Å². The predicted molar refractivity (Wildman–Crippen MR) is 66.3 cm³/mol. The molecule has 1 aromatic rings. The Balaban J connectivity index is 3.08. The van der Waals surface area contributed by atoms with Gasteiger partial charge in [0.2, 0.25) is 0 Å². The lowest BCUT2D eigenvalue weighted by atomic mass is 10.1. The highest BCUT2D eigenvalue weighted by molar-refractivity contribution is 6.04. The van der Waals surface area contributed by atoms with Crippen molar-refractivity contribution >= 4 is 17.4 Å². The summed E-state index contributed by atoms with van der Waals surface area (Å²) in [5.74, 6) is -1.47. The minimum atomic E-state index is -1.11. The lowest BCUT2D eigenvalue weighted by Gasteiger charge is -2.28. The number of likely N-dealkylation sites (N-methyl/N-ethyl adjacent to an activating group) is 1. The van der Waals surface area contributed by atoms with E-state index >= 15 is 0 Å². The molecule has 1 unspecified atom stereocenters. The summed E-state index contributed by atoms with van der Waals surface area (Å²) in [6, 6.07) is 6.35. The van der Waals surface area contributed by atoms with E-state index in [9.17, 15) is 9.59 Å². The van der Waals surface area contributed by atoms with Crippen LogP contribution in [0.4, 0.5) is 5.69 Å². The molecule has 0 aliphatic carbocycles. The molecule has 0 radical (unpaired) electrons. The lowest BCUT2D eigenvalue weighted by Crippen LogP contribution is -2.46. The Hall–Kier alpha value is -1.84. The highest BCUT2D eigenvalue weighted by atomic mass is 16.4. The Morgan fingerprint density at radius 3 is 2.18 bits per heavy atom. The Morgan fingerprint density at radius 1 is 1.29 bits per heavy atom. The number of carbonyl (C=O) groups excluding carboxylic acids is 1. The molecule has 0 spiro atoms. The van der Waals surface area contributed by atoms with Gasteiger partial charge in [0.15, 0.2) is 11.8 Å². The van der Waals surface area contributed by atoms with Gasteiger partial charge in [-0.1, -0.05) is 17.7 Å². The number of aliphatic carboxylic acids is 1. The summed E-state index contributed by atoms with van der Waals surface area (Å²) in [5.41, 5.74) is 1.85. The monoisotopic (exact) mass is 235 g/mol. The van der Waals surface area contributed by atoms with E-state index in [4.69, 9.17) is 5.11 Å². The minimum Gasteiger partial charge on any atom is -0.479 e. The molecule has 17 heavy (non-hydrogen) atoms. The van der Waals surface area contributed by atoms with Crippen LogP contribution in [-0.2, 0) is 9.59 Å². The molecule has 0 heterocycles. The molecule has 1 atom stereocenters. The number of aryl methyl sites for hydroxylation is 1. The first kappa shape index (κ1) is 13.2. The first-order chi connectivity index (χ1) is 7.97. The number of anilines is 1. The molecule has 0 aromatic heterocycles. The van der Waals surface area contributed by atoms with Gasteiger partial charge in [-0.15, -0.1) is 0 Å². The summed E-state index contributed by atoms with van der Waals surface area (Å²) < 4.78 is 0. The lowest BCUT2D eigenvalue weighted by molar-refractivity contribution is -0.141. The number of nitrogens with zero attached hydrogens (tertiary/aromatic N) is 1. The maximum atomic E-state index is 11.4. The van der Waals surface area contributed by atoms with Crippen LogP contribution in [0.15, 0.2) is 24.3 Å². The second-order valence-corrected chi connectivity index (χ2v) is 3.97. The van der Waals surface area contributed by atoms with Crippen LogP contribution in [0.1, 0.15) is 19.4 Å². The third kappa shape index (κ3) is 3.06. The zero-order chi connectivity index (χ0) is 13.0. The predicted octanol–water partition coefficient (Wildman–Crippen LogP) is 1.86. The molecule has 0 amide bonds.